The molecular weight excluding hydrogens is 1040 g/mol. The van der Waals surface area contributed by atoms with Gasteiger partial charge in [0.15, 0.2) is 0 Å². The van der Waals surface area contributed by atoms with Crippen LogP contribution in [0.25, 0.3) is 165 Å². The monoisotopic (exact) mass is 1080 g/mol. The van der Waals surface area contributed by atoms with Crippen LogP contribution >= 0.6 is 0 Å². The Bertz CT molecular complexity index is 6000. The molecule has 0 saturated carbocycles. The number of hydrogen-bond acceptors (Lipinski definition) is 0. The first-order valence-electron chi connectivity index (χ1n) is 30.2. The van der Waals surface area contributed by atoms with Crippen molar-refractivity contribution in [3.05, 3.63) is 255 Å². The van der Waals surface area contributed by atoms with E-state index in [-0.39, 0.29) is 13.4 Å². The lowest BCUT2D eigenvalue weighted by atomic mass is 9.31. The van der Waals surface area contributed by atoms with Crippen molar-refractivity contribution in [3.63, 3.8) is 0 Å². The van der Waals surface area contributed by atoms with Crippen molar-refractivity contribution in [2.75, 3.05) is 0 Å². The molecule has 8 heteroatoms. The summed E-state index contributed by atoms with van der Waals surface area (Å²) in [6.07, 6.45) is 0. The summed E-state index contributed by atoms with van der Waals surface area (Å²) in [6, 6.07) is 97.4. The fourth-order valence-electron chi connectivity index (χ4n) is 17.8. The van der Waals surface area contributed by atoms with Gasteiger partial charge in [0.2, 0.25) is 0 Å². The minimum atomic E-state index is -0.0409. The molecule has 4 aliphatic heterocycles. The minimum Gasteiger partial charge on any atom is -0.310 e. The second kappa shape index (κ2) is 14.8. The molecule has 6 nitrogen and oxygen atoms in total. The average molecular weight is 1080 g/mol. The molecule has 86 heavy (non-hydrogen) atoms. The van der Waals surface area contributed by atoms with Gasteiger partial charge in [-0.2, -0.15) is 0 Å². The zero-order valence-corrected chi connectivity index (χ0v) is 46.1. The highest BCUT2D eigenvalue weighted by Gasteiger charge is 2.46. The van der Waals surface area contributed by atoms with Crippen LogP contribution in [0, 0.1) is 0 Å². The molecule has 23 rings (SSSR count). The molecule has 0 radical (unpaired) electrons. The molecule has 0 bridgehead atoms. The van der Waals surface area contributed by atoms with Crippen molar-refractivity contribution in [3.8, 4) is 34.1 Å². The van der Waals surface area contributed by atoms with E-state index in [1.165, 1.54) is 186 Å². The van der Waals surface area contributed by atoms with Crippen LogP contribution in [-0.2, 0) is 0 Å². The average Bonchev–Trinajstić information content (AvgIpc) is 1.48. The first-order chi connectivity index (χ1) is 42.7. The normalized spacial score (nSPS) is 13.5. The van der Waals surface area contributed by atoms with Crippen molar-refractivity contribution in [2.45, 2.75) is 0 Å². The first-order valence-corrected chi connectivity index (χ1v) is 30.2. The minimum absolute atomic E-state index is 0.0409. The molecule has 0 spiro atoms. The van der Waals surface area contributed by atoms with E-state index in [0.717, 1.165) is 11.4 Å². The van der Waals surface area contributed by atoms with Gasteiger partial charge >= 0.3 is 0 Å². The molecule has 0 unspecified atom stereocenters. The van der Waals surface area contributed by atoms with Crippen LogP contribution < -0.4 is 32.8 Å². The standard InChI is InChI=1S/C78H42B2N6/c1-9-25-61-45(17-1)46-18-2-10-26-62(46)81(61)43-33-35-67-51(37-43)55-39-53-49-21-5-13-29-65(49)83-69-31-15-7-23-57(69)79-59-41-60-72(42-71(59)85(67)77(55)73(79)75(53)83)86-68-36-34-44(82-63-27-11-3-19-47(63)48-20-4-12-28-64(48)82)38-52(68)56-40-54-50-22-6-14-30-66(50)84-70-32-16-8-24-58(70)80(60)74(76(54)84)78(56)86/h1-42H. The summed E-state index contributed by atoms with van der Waals surface area (Å²) < 4.78 is 15.5. The Balaban J connectivity index is 0.890. The van der Waals surface area contributed by atoms with E-state index in [2.05, 4.69) is 282 Å². The van der Waals surface area contributed by atoms with E-state index in [1.54, 1.807) is 0 Å². The highest BCUT2D eigenvalue weighted by atomic mass is 15.1. The number of aromatic nitrogens is 6. The maximum atomic E-state index is 2.70. The zero-order chi connectivity index (χ0) is 55.1. The fraction of sp³-hybridized carbons (Fsp3) is 0. The lowest BCUT2D eigenvalue weighted by molar-refractivity contribution is 1.13. The topological polar surface area (TPSA) is 29.6 Å². The predicted octanol–water partition coefficient (Wildman–Crippen LogP) is 14.6. The highest BCUT2D eigenvalue weighted by Crippen LogP contribution is 2.47. The third-order valence-electron chi connectivity index (χ3n) is 20.9. The summed E-state index contributed by atoms with van der Waals surface area (Å²) in [5.74, 6) is 0. The molecule has 390 valence electrons. The van der Waals surface area contributed by atoms with Crippen molar-refractivity contribution in [1.29, 1.82) is 0 Å². The molecule has 0 fully saturated rings. The second-order valence-electron chi connectivity index (χ2n) is 24.6. The Morgan fingerprint density at radius 3 is 0.860 bits per heavy atom. The van der Waals surface area contributed by atoms with E-state index < -0.39 is 0 Å². The molecule has 13 aromatic carbocycles. The van der Waals surface area contributed by atoms with Crippen molar-refractivity contribution >= 4 is 177 Å². The van der Waals surface area contributed by atoms with Gasteiger partial charge in [-0.3, -0.25) is 0 Å². The van der Waals surface area contributed by atoms with Crippen molar-refractivity contribution in [1.82, 2.24) is 27.4 Å². The smallest absolute Gasteiger partial charge is 0.252 e. The lowest BCUT2D eigenvalue weighted by Gasteiger charge is -2.37. The van der Waals surface area contributed by atoms with Crippen LogP contribution in [0.2, 0.25) is 0 Å². The molecule has 19 aromatic rings. The van der Waals surface area contributed by atoms with Crippen molar-refractivity contribution < 1.29 is 0 Å². The highest BCUT2D eigenvalue weighted by molar-refractivity contribution is 7.03. The van der Waals surface area contributed by atoms with Gasteiger partial charge in [-0.25, -0.2) is 0 Å². The van der Waals surface area contributed by atoms with Crippen LogP contribution in [-0.4, -0.2) is 40.8 Å². The summed E-state index contributed by atoms with van der Waals surface area (Å²) in [4.78, 5) is 0. The summed E-state index contributed by atoms with van der Waals surface area (Å²) >= 11 is 0. The Hall–Kier alpha value is -11.2. The van der Waals surface area contributed by atoms with E-state index in [9.17, 15) is 0 Å². The molecule has 0 saturated heterocycles. The van der Waals surface area contributed by atoms with E-state index in [4.69, 9.17) is 0 Å². The quantitative estimate of drug-likeness (QED) is 0.154. The van der Waals surface area contributed by atoms with Crippen molar-refractivity contribution in [2.24, 2.45) is 0 Å². The van der Waals surface area contributed by atoms with Gasteiger partial charge in [-0.15, -0.1) is 0 Å². The van der Waals surface area contributed by atoms with Gasteiger partial charge in [-0.05, 0) is 136 Å². The summed E-state index contributed by atoms with van der Waals surface area (Å²) in [5.41, 5.74) is 30.5. The zero-order valence-electron chi connectivity index (χ0n) is 46.1. The molecule has 0 N–H and O–H groups in total. The van der Waals surface area contributed by atoms with Gasteiger partial charge in [0.1, 0.15) is 0 Å². The van der Waals surface area contributed by atoms with E-state index >= 15 is 0 Å². The number of rotatable bonds is 2. The van der Waals surface area contributed by atoms with E-state index in [0.29, 0.717) is 0 Å². The number of nitrogens with zero attached hydrogens (tertiary/aromatic N) is 6. The summed E-state index contributed by atoms with van der Waals surface area (Å²) in [7, 11) is 0. The number of benzene rings is 13. The molecule has 0 atom stereocenters. The largest absolute Gasteiger partial charge is 0.310 e. The van der Waals surface area contributed by atoms with Crippen LogP contribution in [0.4, 0.5) is 0 Å². The maximum absolute atomic E-state index is 2.70. The molecule has 0 amide bonds. The van der Waals surface area contributed by atoms with Gasteiger partial charge in [0, 0.05) is 98.8 Å². The second-order valence-corrected chi connectivity index (χ2v) is 24.6. The Morgan fingerprint density at radius 1 is 0.186 bits per heavy atom. The Kier molecular flexibility index (Phi) is 7.46. The predicted molar refractivity (Wildman–Crippen MR) is 362 cm³/mol. The Labute approximate surface area is 490 Å². The molecule has 4 aliphatic rings. The maximum Gasteiger partial charge on any atom is 0.252 e. The van der Waals surface area contributed by atoms with Crippen LogP contribution in [0.3, 0.4) is 0 Å². The van der Waals surface area contributed by atoms with Crippen LogP contribution in [0.15, 0.2) is 255 Å². The lowest BCUT2D eigenvalue weighted by Crippen LogP contribution is -2.63. The first kappa shape index (κ1) is 43.5. The summed E-state index contributed by atoms with van der Waals surface area (Å²) in [5, 5.41) is 15.3. The van der Waals surface area contributed by atoms with Gasteiger partial charge in [0.05, 0.1) is 66.2 Å². The van der Waals surface area contributed by atoms with Crippen LogP contribution in [0.5, 0.6) is 0 Å². The van der Waals surface area contributed by atoms with Gasteiger partial charge in [-0.1, -0.05) is 152 Å². The number of hydrogen-bond donors (Lipinski definition) is 0. The number of fused-ring (bicyclic) bond motifs is 30. The molecule has 10 heterocycles. The van der Waals surface area contributed by atoms with Gasteiger partial charge in [0.25, 0.3) is 13.4 Å². The van der Waals surface area contributed by atoms with Gasteiger partial charge < -0.3 is 27.4 Å². The third-order valence-corrected chi connectivity index (χ3v) is 20.9. The fourth-order valence-corrected chi connectivity index (χ4v) is 17.8. The summed E-state index contributed by atoms with van der Waals surface area (Å²) in [6.45, 7) is -0.0818. The third kappa shape index (κ3) is 4.83. The molecule has 0 aliphatic carbocycles. The van der Waals surface area contributed by atoms with Crippen LogP contribution in [0.1, 0.15) is 0 Å². The van der Waals surface area contributed by atoms with E-state index in [1.807, 2.05) is 0 Å². The number of para-hydroxylation sites is 8. The molecular formula is C78H42B2N6. The Morgan fingerprint density at radius 2 is 0.477 bits per heavy atom. The SMILES string of the molecule is c1ccc2c(c1)B1c3cc4c(cc3-n3c5ccc(-n6c7ccccc7c7ccccc76)cc5c5cc6c7ccccc7n-2c6c1c53)-n1c2ccc(-n3c5ccccc5c5ccccc53)cc2c2cc3c5ccccc5n5c3c(c21)B4c1ccccc1-5. The molecule has 6 aromatic heterocycles.